The van der Waals surface area contributed by atoms with E-state index in [2.05, 4.69) is 20.9 Å². The molecule has 0 bridgehead atoms. The van der Waals surface area contributed by atoms with Gasteiger partial charge in [-0.15, -0.1) is 0 Å². The lowest BCUT2D eigenvalue weighted by atomic mass is 10.1. The summed E-state index contributed by atoms with van der Waals surface area (Å²) < 4.78 is 10.3. The van der Waals surface area contributed by atoms with Crippen LogP contribution in [0.5, 0.6) is 11.5 Å². The van der Waals surface area contributed by atoms with E-state index in [1.54, 1.807) is 12.1 Å². The SMILES string of the molecule is CCNC(=NCc1ccc(OC)c(O)c1)NCCc1ccc(NC(=O)OC(C)(C)C)cc1. The third kappa shape index (κ3) is 8.75. The monoisotopic (exact) mass is 442 g/mol. The minimum Gasteiger partial charge on any atom is -0.504 e. The largest absolute Gasteiger partial charge is 0.504 e. The van der Waals surface area contributed by atoms with Crippen molar-refractivity contribution in [2.75, 3.05) is 25.5 Å². The van der Waals surface area contributed by atoms with Gasteiger partial charge in [-0.3, -0.25) is 5.32 Å². The number of carbonyl (C=O) groups excluding carboxylic acids is 1. The molecule has 0 fully saturated rings. The van der Waals surface area contributed by atoms with Gasteiger partial charge in [-0.1, -0.05) is 18.2 Å². The molecular formula is C24H34N4O4. The Hall–Kier alpha value is -3.42. The Morgan fingerprint density at radius 2 is 1.75 bits per heavy atom. The van der Waals surface area contributed by atoms with E-state index < -0.39 is 11.7 Å². The maximum absolute atomic E-state index is 11.9. The number of nitrogens with zero attached hydrogens (tertiary/aromatic N) is 1. The standard InChI is InChI=1S/C24H34N4O4/c1-6-25-22(27-16-18-9-12-21(31-5)20(29)15-18)26-14-13-17-7-10-19(11-8-17)28-23(30)32-24(2,3)4/h7-12,15,29H,6,13-14,16H2,1-5H3,(H,28,30)(H2,25,26,27). The number of ether oxygens (including phenoxy) is 2. The lowest BCUT2D eigenvalue weighted by Gasteiger charge is -2.19. The molecule has 1 amide bonds. The first-order valence-electron chi connectivity index (χ1n) is 10.7. The Labute approximate surface area is 190 Å². The highest BCUT2D eigenvalue weighted by atomic mass is 16.6. The summed E-state index contributed by atoms with van der Waals surface area (Å²) in [5.74, 6) is 1.24. The highest BCUT2D eigenvalue weighted by molar-refractivity contribution is 5.84. The zero-order valence-corrected chi connectivity index (χ0v) is 19.5. The van der Waals surface area contributed by atoms with Gasteiger partial charge in [0.15, 0.2) is 17.5 Å². The Kier molecular flexibility index (Phi) is 9.19. The van der Waals surface area contributed by atoms with Crippen LogP contribution in [-0.2, 0) is 17.7 Å². The van der Waals surface area contributed by atoms with Crippen LogP contribution in [0.25, 0.3) is 0 Å². The number of hydrogen-bond acceptors (Lipinski definition) is 5. The number of aromatic hydroxyl groups is 1. The molecular weight excluding hydrogens is 408 g/mol. The molecule has 0 aliphatic heterocycles. The van der Waals surface area contributed by atoms with E-state index in [0.717, 1.165) is 24.1 Å². The Morgan fingerprint density at radius 1 is 1.06 bits per heavy atom. The molecule has 8 heteroatoms. The molecule has 0 aliphatic rings. The van der Waals surface area contributed by atoms with Crippen molar-refractivity contribution in [3.8, 4) is 11.5 Å². The molecule has 0 atom stereocenters. The number of nitrogens with one attached hydrogen (secondary N) is 3. The first-order chi connectivity index (χ1) is 15.2. The number of amides is 1. The quantitative estimate of drug-likeness (QED) is 0.363. The second-order valence-electron chi connectivity index (χ2n) is 8.20. The normalized spacial score (nSPS) is 11.6. The van der Waals surface area contributed by atoms with E-state index >= 15 is 0 Å². The van der Waals surface area contributed by atoms with Crippen LogP contribution in [0.1, 0.15) is 38.8 Å². The molecule has 0 spiro atoms. The maximum Gasteiger partial charge on any atom is 0.412 e. The summed E-state index contributed by atoms with van der Waals surface area (Å²) >= 11 is 0. The number of benzene rings is 2. The summed E-state index contributed by atoms with van der Waals surface area (Å²) in [7, 11) is 1.52. The van der Waals surface area contributed by atoms with Crippen LogP contribution < -0.4 is 20.7 Å². The van der Waals surface area contributed by atoms with E-state index in [0.29, 0.717) is 30.5 Å². The van der Waals surface area contributed by atoms with Crippen LogP contribution in [0.2, 0.25) is 0 Å². The van der Waals surface area contributed by atoms with E-state index in [4.69, 9.17) is 9.47 Å². The first-order valence-corrected chi connectivity index (χ1v) is 10.7. The fraction of sp³-hybridized carbons (Fsp3) is 0.417. The highest BCUT2D eigenvalue weighted by Crippen LogP contribution is 2.26. The van der Waals surface area contributed by atoms with Gasteiger partial charge in [0.05, 0.1) is 13.7 Å². The molecule has 0 heterocycles. The average molecular weight is 443 g/mol. The molecule has 174 valence electrons. The van der Waals surface area contributed by atoms with Gasteiger partial charge in [0, 0.05) is 18.8 Å². The van der Waals surface area contributed by atoms with Crippen LogP contribution >= 0.6 is 0 Å². The number of guanidine groups is 1. The van der Waals surface area contributed by atoms with Gasteiger partial charge in [-0.25, -0.2) is 9.79 Å². The van der Waals surface area contributed by atoms with E-state index in [9.17, 15) is 9.90 Å². The lowest BCUT2D eigenvalue weighted by molar-refractivity contribution is 0.0636. The van der Waals surface area contributed by atoms with Crippen molar-refractivity contribution in [2.45, 2.75) is 46.3 Å². The number of methoxy groups -OCH3 is 1. The molecule has 2 aromatic carbocycles. The first kappa shape index (κ1) is 24.8. The zero-order valence-electron chi connectivity index (χ0n) is 19.5. The third-order valence-electron chi connectivity index (χ3n) is 4.31. The fourth-order valence-electron chi connectivity index (χ4n) is 2.85. The highest BCUT2D eigenvalue weighted by Gasteiger charge is 2.16. The molecule has 0 aliphatic carbocycles. The minimum absolute atomic E-state index is 0.0998. The predicted octanol–water partition coefficient (Wildman–Crippen LogP) is 4.05. The van der Waals surface area contributed by atoms with E-state index in [1.165, 1.54) is 7.11 Å². The summed E-state index contributed by atoms with van der Waals surface area (Å²) in [6.07, 6.45) is 0.323. The fourth-order valence-corrected chi connectivity index (χ4v) is 2.85. The molecule has 32 heavy (non-hydrogen) atoms. The molecule has 0 saturated carbocycles. The van der Waals surface area contributed by atoms with Crippen LogP contribution in [0.4, 0.5) is 10.5 Å². The van der Waals surface area contributed by atoms with Crippen molar-refractivity contribution in [3.05, 3.63) is 53.6 Å². The topological polar surface area (TPSA) is 104 Å². The Morgan fingerprint density at radius 3 is 2.34 bits per heavy atom. The van der Waals surface area contributed by atoms with Crippen LogP contribution in [0, 0.1) is 0 Å². The summed E-state index contributed by atoms with van der Waals surface area (Å²) in [5.41, 5.74) is 2.17. The van der Waals surface area contributed by atoms with Crippen molar-refractivity contribution in [2.24, 2.45) is 4.99 Å². The van der Waals surface area contributed by atoms with Crippen molar-refractivity contribution in [3.63, 3.8) is 0 Å². The van der Waals surface area contributed by atoms with Crippen molar-refractivity contribution in [1.82, 2.24) is 10.6 Å². The molecule has 8 nitrogen and oxygen atoms in total. The van der Waals surface area contributed by atoms with Crippen LogP contribution in [0.3, 0.4) is 0 Å². The molecule has 0 radical (unpaired) electrons. The Bertz CT molecular complexity index is 905. The smallest absolute Gasteiger partial charge is 0.412 e. The maximum atomic E-state index is 11.9. The number of phenols is 1. The molecule has 2 aromatic rings. The number of anilines is 1. The molecule has 4 N–H and O–H groups in total. The second kappa shape index (κ2) is 11.8. The second-order valence-corrected chi connectivity index (χ2v) is 8.20. The third-order valence-corrected chi connectivity index (χ3v) is 4.31. The molecule has 0 unspecified atom stereocenters. The van der Waals surface area contributed by atoms with Gasteiger partial charge in [0.1, 0.15) is 5.60 Å². The van der Waals surface area contributed by atoms with Crippen molar-refractivity contribution < 1.29 is 19.4 Å². The zero-order chi connectivity index (χ0) is 23.6. The number of hydrogen-bond donors (Lipinski definition) is 4. The lowest BCUT2D eigenvalue weighted by Crippen LogP contribution is -2.38. The molecule has 2 rings (SSSR count). The van der Waals surface area contributed by atoms with Crippen LogP contribution in [-0.4, -0.2) is 43.0 Å². The number of phenolic OH excluding ortho intramolecular Hbond substituents is 1. The van der Waals surface area contributed by atoms with Gasteiger partial charge in [-0.2, -0.15) is 0 Å². The molecule has 0 aromatic heterocycles. The minimum atomic E-state index is -0.533. The van der Waals surface area contributed by atoms with Gasteiger partial charge in [-0.05, 0) is 69.5 Å². The van der Waals surface area contributed by atoms with Gasteiger partial charge in [0.2, 0.25) is 0 Å². The van der Waals surface area contributed by atoms with Crippen molar-refractivity contribution in [1.29, 1.82) is 0 Å². The summed E-state index contributed by atoms with van der Waals surface area (Å²) in [6, 6.07) is 12.9. The number of carbonyl (C=O) groups is 1. The Balaban J connectivity index is 1.85. The van der Waals surface area contributed by atoms with Gasteiger partial charge >= 0.3 is 6.09 Å². The number of aliphatic imine (C=N–C) groups is 1. The predicted molar refractivity (Wildman–Crippen MR) is 127 cm³/mol. The van der Waals surface area contributed by atoms with Crippen LogP contribution in [0.15, 0.2) is 47.5 Å². The number of rotatable bonds is 8. The van der Waals surface area contributed by atoms with E-state index in [-0.39, 0.29) is 5.75 Å². The summed E-state index contributed by atoms with van der Waals surface area (Å²) in [5, 5.41) is 19.2. The van der Waals surface area contributed by atoms with Gasteiger partial charge < -0.3 is 25.2 Å². The van der Waals surface area contributed by atoms with E-state index in [1.807, 2.05) is 58.0 Å². The summed E-state index contributed by atoms with van der Waals surface area (Å²) in [4.78, 5) is 16.4. The molecule has 0 saturated heterocycles. The summed E-state index contributed by atoms with van der Waals surface area (Å²) in [6.45, 7) is 9.35. The average Bonchev–Trinajstić information content (AvgIpc) is 2.72. The van der Waals surface area contributed by atoms with Gasteiger partial charge in [0.25, 0.3) is 0 Å². The van der Waals surface area contributed by atoms with Crippen molar-refractivity contribution >= 4 is 17.7 Å².